The molecule has 1 atom stereocenters. The van der Waals surface area contributed by atoms with Gasteiger partial charge in [-0.15, -0.1) is 0 Å². The Balaban J connectivity index is 1.52. The minimum Gasteiger partial charge on any atom is -0.494 e. The van der Waals surface area contributed by atoms with E-state index in [1.807, 2.05) is 37.3 Å². The summed E-state index contributed by atoms with van der Waals surface area (Å²) < 4.78 is 11.5. The highest BCUT2D eigenvalue weighted by molar-refractivity contribution is 5.91. The number of rotatable bonds is 8. The second-order valence-electron chi connectivity index (χ2n) is 7.02. The number of para-hydroxylation sites is 1. The van der Waals surface area contributed by atoms with Crippen molar-refractivity contribution in [2.75, 3.05) is 26.2 Å². The van der Waals surface area contributed by atoms with Crippen LogP contribution in [0.4, 0.5) is 0 Å². The summed E-state index contributed by atoms with van der Waals surface area (Å²) in [5.74, 6) is 1.96. The van der Waals surface area contributed by atoms with E-state index in [4.69, 9.17) is 9.15 Å². The van der Waals surface area contributed by atoms with Gasteiger partial charge in [0.15, 0.2) is 5.76 Å². The molecule has 5 nitrogen and oxygen atoms in total. The number of nitrogens with one attached hydrogen (secondary N) is 1. The molecule has 1 aromatic heterocycles. The maximum atomic E-state index is 12.4. The van der Waals surface area contributed by atoms with Gasteiger partial charge in [0.05, 0.1) is 12.6 Å². The molecule has 146 valence electrons. The van der Waals surface area contributed by atoms with Crippen LogP contribution in [0.3, 0.4) is 0 Å². The molecule has 1 N–H and O–H groups in total. The number of benzene rings is 1. The number of nitrogens with zero attached hydrogens (tertiary/aromatic N) is 1. The van der Waals surface area contributed by atoms with E-state index in [0.29, 0.717) is 18.9 Å². The van der Waals surface area contributed by atoms with Gasteiger partial charge in [-0.25, -0.2) is 0 Å². The largest absolute Gasteiger partial charge is 0.494 e. The highest BCUT2D eigenvalue weighted by atomic mass is 16.5. The fourth-order valence-electron chi connectivity index (χ4n) is 3.59. The summed E-state index contributed by atoms with van der Waals surface area (Å²) >= 11 is 0. The van der Waals surface area contributed by atoms with Gasteiger partial charge in [-0.1, -0.05) is 24.6 Å². The van der Waals surface area contributed by atoms with Crippen molar-refractivity contribution in [3.63, 3.8) is 0 Å². The van der Waals surface area contributed by atoms with Crippen LogP contribution in [-0.2, 0) is 6.42 Å². The first kappa shape index (κ1) is 19.5. The number of furan rings is 1. The molecular weight excluding hydrogens is 340 g/mol. The molecule has 3 rings (SSSR count). The quantitative estimate of drug-likeness (QED) is 0.757. The van der Waals surface area contributed by atoms with Crippen LogP contribution in [0.15, 0.2) is 40.8 Å². The van der Waals surface area contributed by atoms with E-state index in [1.165, 1.54) is 19.3 Å². The lowest BCUT2D eigenvalue weighted by Gasteiger charge is -2.31. The number of hydrogen-bond acceptors (Lipinski definition) is 4. The molecule has 0 saturated carbocycles. The summed E-state index contributed by atoms with van der Waals surface area (Å²) in [5, 5.41) is 2.95. The third-order valence-electron chi connectivity index (χ3n) is 5.15. The Labute approximate surface area is 161 Å². The molecule has 2 aromatic rings. The zero-order valence-electron chi connectivity index (χ0n) is 16.4. The lowest BCUT2D eigenvalue weighted by molar-refractivity contribution is 0.0917. The Kier molecular flexibility index (Phi) is 6.93. The number of carbonyl (C=O) groups is 1. The van der Waals surface area contributed by atoms with Gasteiger partial charge < -0.3 is 14.5 Å². The molecule has 1 aromatic carbocycles. The monoisotopic (exact) mass is 370 g/mol. The number of amides is 1. The molecule has 5 heteroatoms. The van der Waals surface area contributed by atoms with E-state index >= 15 is 0 Å². The highest BCUT2D eigenvalue weighted by Crippen LogP contribution is 2.25. The van der Waals surface area contributed by atoms with Crippen LogP contribution >= 0.6 is 0 Å². The molecule has 0 bridgehead atoms. The van der Waals surface area contributed by atoms with Crippen LogP contribution < -0.4 is 10.1 Å². The summed E-state index contributed by atoms with van der Waals surface area (Å²) in [5.41, 5.74) is 1.10. The van der Waals surface area contributed by atoms with Crippen LogP contribution in [0.1, 0.15) is 61.0 Å². The molecule has 2 heterocycles. The van der Waals surface area contributed by atoms with Crippen molar-refractivity contribution in [3.05, 3.63) is 53.5 Å². The minimum atomic E-state index is -0.166. The van der Waals surface area contributed by atoms with Gasteiger partial charge >= 0.3 is 0 Å². The third-order valence-corrected chi connectivity index (χ3v) is 5.15. The van der Waals surface area contributed by atoms with Crippen LogP contribution in [-0.4, -0.2) is 37.0 Å². The number of likely N-dealkylation sites (tertiary alicyclic amines) is 1. The molecule has 1 aliphatic heterocycles. The number of hydrogen-bond donors (Lipinski definition) is 1. The molecule has 1 unspecified atom stereocenters. The van der Waals surface area contributed by atoms with Gasteiger partial charge in [0.25, 0.3) is 5.91 Å². The Hall–Kier alpha value is -2.27. The van der Waals surface area contributed by atoms with Gasteiger partial charge in [-0.05, 0) is 70.0 Å². The molecule has 1 fully saturated rings. The van der Waals surface area contributed by atoms with Crippen molar-refractivity contribution in [3.8, 4) is 5.75 Å². The van der Waals surface area contributed by atoms with E-state index in [9.17, 15) is 4.79 Å². The lowest BCUT2D eigenvalue weighted by atomic mass is 10.1. The molecular formula is C22H30N2O3. The first-order valence-electron chi connectivity index (χ1n) is 10.0. The second-order valence-corrected chi connectivity index (χ2v) is 7.02. The summed E-state index contributed by atoms with van der Waals surface area (Å²) in [7, 11) is 0. The van der Waals surface area contributed by atoms with Crippen molar-refractivity contribution in [2.45, 2.75) is 45.6 Å². The van der Waals surface area contributed by atoms with Crippen molar-refractivity contribution in [1.29, 1.82) is 0 Å². The van der Waals surface area contributed by atoms with E-state index < -0.39 is 0 Å². The topological polar surface area (TPSA) is 54.7 Å². The molecule has 27 heavy (non-hydrogen) atoms. The minimum absolute atomic E-state index is 0.166. The second kappa shape index (κ2) is 9.60. The Morgan fingerprint density at radius 3 is 2.74 bits per heavy atom. The van der Waals surface area contributed by atoms with Crippen LogP contribution in [0, 0.1) is 0 Å². The summed E-state index contributed by atoms with van der Waals surface area (Å²) in [6, 6.07) is 11.9. The van der Waals surface area contributed by atoms with Gasteiger partial charge in [0, 0.05) is 6.54 Å². The van der Waals surface area contributed by atoms with E-state index in [2.05, 4.69) is 17.1 Å². The van der Waals surface area contributed by atoms with Crippen LogP contribution in [0.5, 0.6) is 5.75 Å². The van der Waals surface area contributed by atoms with E-state index in [-0.39, 0.29) is 11.9 Å². The van der Waals surface area contributed by atoms with Crippen molar-refractivity contribution in [1.82, 2.24) is 10.2 Å². The van der Waals surface area contributed by atoms with Crippen LogP contribution in [0.25, 0.3) is 0 Å². The molecule has 1 amide bonds. The standard InChI is InChI=1S/C22H30N2O3/c1-3-26-20-10-6-5-9-18(20)13-14-23-22(25)21-12-11-19(27-21)17(2)24-15-7-4-8-16-24/h5-6,9-12,17H,3-4,7-8,13-16H2,1-2H3,(H,23,25). The number of ether oxygens (including phenoxy) is 1. The van der Waals surface area contributed by atoms with Gasteiger partial charge in [-0.2, -0.15) is 0 Å². The first-order valence-corrected chi connectivity index (χ1v) is 10.0. The molecule has 0 aliphatic carbocycles. The predicted molar refractivity (Wildman–Crippen MR) is 106 cm³/mol. The van der Waals surface area contributed by atoms with Crippen molar-refractivity contribution < 1.29 is 13.9 Å². The van der Waals surface area contributed by atoms with Gasteiger partial charge in [-0.3, -0.25) is 9.69 Å². The lowest BCUT2D eigenvalue weighted by Crippen LogP contribution is -2.32. The van der Waals surface area contributed by atoms with Gasteiger partial charge in [0.1, 0.15) is 11.5 Å². The zero-order chi connectivity index (χ0) is 19.1. The number of carbonyl (C=O) groups excluding carboxylic acids is 1. The van der Waals surface area contributed by atoms with Crippen LogP contribution in [0.2, 0.25) is 0 Å². The molecule has 1 aliphatic rings. The highest BCUT2D eigenvalue weighted by Gasteiger charge is 2.22. The Morgan fingerprint density at radius 2 is 1.96 bits per heavy atom. The Bertz CT molecular complexity index is 735. The first-order chi connectivity index (χ1) is 13.2. The summed E-state index contributed by atoms with van der Waals surface area (Å²) in [6.07, 6.45) is 4.50. The maximum Gasteiger partial charge on any atom is 0.287 e. The SMILES string of the molecule is CCOc1ccccc1CCNC(=O)c1ccc(C(C)N2CCCCC2)o1. The van der Waals surface area contributed by atoms with Gasteiger partial charge in [0.2, 0.25) is 0 Å². The Morgan fingerprint density at radius 1 is 1.19 bits per heavy atom. The average Bonchev–Trinajstić information content (AvgIpc) is 3.20. The molecule has 1 saturated heterocycles. The summed E-state index contributed by atoms with van der Waals surface area (Å²) in [4.78, 5) is 14.8. The fraction of sp³-hybridized carbons (Fsp3) is 0.500. The third kappa shape index (κ3) is 5.13. The normalized spacial score (nSPS) is 16.1. The molecule has 0 spiro atoms. The summed E-state index contributed by atoms with van der Waals surface area (Å²) in [6.45, 7) is 7.49. The molecule has 0 radical (unpaired) electrons. The smallest absolute Gasteiger partial charge is 0.287 e. The predicted octanol–water partition coefficient (Wildman–Crippen LogP) is 4.20. The average molecular weight is 370 g/mol. The zero-order valence-corrected chi connectivity index (χ0v) is 16.4. The van der Waals surface area contributed by atoms with Crippen molar-refractivity contribution >= 4 is 5.91 Å². The van der Waals surface area contributed by atoms with Crippen molar-refractivity contribution in [2.24, 2.45) is 0 Å². The fourth-order valence-corrected chi connectivity index (χ4v) is 3.59. The van der Waals surface area contributed by atoms with E-state index in [1.54, 1.807) is 6.07 Å². The van der Waals surface area contributed by atoms with E-state index in [0.717, 1.165) is 36.6 Å². The number of piperidine rings is 1. The maximum absolute atomic E-state index is 12.4.